The van der Waals surface area contributed by atoms with Crippen LogP contribution in [-0.2, 0) is 0 Å². The molecular formula is C11H12N2S. The molecule has 1 aromatic carbocycles. The average molecular weight is 204 g/mol. The van der Waals surface area contributed by atoms with Crippen LogP contribution in [0.4, 0.5) is 5.69 Å². The summed E-state index contributed by atoms with van der Waals surface area (Å²) in [5, 5.41) is 1.20. The number of hydrogen-bond acceptors (Lipinski definition) is 3. The van der Waals surface area contributed by atoms with Crippen molar-refractivity contribution in [3.63, 3.8) is 0 Å². The summed E-state index contributed by atoms with van der Waals surface area (Å²) in [6, 6.07) is 8.57. The van der Waals surface area contributed by atoms with E-state index in [1.807, 2.05) is 11.8 Å². The molecule has 3 heteroatoms. The standard InChI is InChI=1S/C11H12N2S/c1-2-6-10-9(5-1)13-8-4-3-7-12-11(13)14-10/h1-2,5-6H,3-4,7-8H2. The molecular weight excluding hydrogens is 192 g/mol. The van der Waals surface area contributed by atoms with E-state index < -0.39 is 0 Å². The van der Waals surface area contributed by atoms with Gasteiger partial charge in [-0.25, -0.2) is 0 Å². The monoisotopic (exact) mass is 204 g/mol. The molecule has 2 nitrogen and oxygen atoms in total. The summed E-state index contributed by atoms with van der Waals surface area (Å²) >= 11 is 1.81. The number of nitrogens with zero attached hydrogens (tertiary/aromatic N) is 2. The molecule has 0 aliphatic carbocycles. The molecule has 72 valence electrons. The zero-order valence-electron chi connectivity index (χ0n) is 7.94. The third-order valence-corrected chi connectivity index (χ3v) is 3.72. The van der Waals surface area contributed by atoms with E-state index in [1.165, 1.54) is 28.6 Å². The van der Waals surface area contributed by atoms with Crippen LogP contribution in [0.25, 0.3) is 0 Å². The van der Waals surface area contributed by atoms with E-state index >= 15 is 0 Å². The fourth-order valence-corrected chi connectivity index (χ4v) is 2.99. The summed E-state index contributed by atoms with van der Waals surface area (Å²) in [5.74, 6) is 0. The fourth-order valence-electron chi connectivity index (χ4n) is 1.91. The third-order valence-electron chi connectivity index (χ3n) is 2.63. The highest BCUT2D eigenvalue weighted by molar-refractivity contribution is 8.14. The van der Waals surface area contributed by atoms with Gasteiger partial charge in [-0.2, -0.15) is 0 Å². The van der Waals surface area contributed by atoms with Gasteiger partial charge in [0.05, 0.1) is 5.69 Å². The molecule has 0 fully saturated rings. The van der Waals surface area contributed by atoms with E-state index in [1.54, 1.807) is 0 Å². The first-order valence-electron chi connectivity index (χ1n) is 5.04. The van der Waals surface area contributed by atoms with E-state index in [9.17, 15) is 0 Å². The van der Waals surface area contributed by atoms with Crippen LogP contribution in [0, 0.1) is 0 Å². The van der Waals surface area contributed by atoms with Crippen molar-refractivity contribution >= 4 is 22.6 Å². The predicted octanol–water partition coefficient (Wildman–Crippen LogP) is 2.75. The number of aliphatic imine (C=N–C) groups is 1. The Kier molecular flexibility index (Phi) is 1.98. The second-order valence-corrected chi connectivity index (χ2v) is 4.60. The van der Waals surface area contributed by atoms with Crippen LogP contribution < -0.4 is 4.90 Å². The Bertz CT molecular complexity index is 387. The second kappa shape index (κ2) is 3.31. The second-order valence-electron chi connectivity index (χ2n) is 3.59. The van der Waals surface area contributed by atoms with Crippen molar-refractivity contribution in [2.45, 2.75) is 17.7 Å². The van der Waals surface area contributed by atoms with Gasteiger partial charge in [-0.15, -0.1) is 0 Å². The lowest BCUT2D eigenvalue weighted by Crippen LogP contribution is -2.24. The average Bonchev–Trinajstić information content (AvgIpc) is 2.42. The van der Waals surface area contributed by atoms with Gasteiger partial charge in [0.2, 0.25) is 0 Å². The fraction of sp³-hybridized carbons (Fsp3) is 0.364. The zero-order chi connectivity index (χ0) is 9.38. The minimum Gasteiger partial charge on any atom is -0.320 e. The van der Waals surface area contributed by atoms with Crippen molar-refractivity contribution in [2.75, 3.05) is 18.0 Å². The Labute approximate surface area is 88.0 Å². The third kappa shape index (κ3) is 1.23. The maximum absolute atomic E-state index is 4.61. The number of fused-ring (bicyclic) bond motifs is 3. The number of para-hydroxylation sites is 1. The highest BCUT2D eigenvalue weighted by Crippen LogP contribution is 2.40. The highest BCUT2D eigenvalue weighted by atomic mass is 32.2. The Morgan fingerprint density at radius 3 is 3.14 bits per heavy atom. The smallest absolute Gasteiger partial charge is 0.168 e. The molecule has 0 spiro atoms. The lowest BCUT2D eigenvalue weighted by molar-refractivity contribution is 0.774. The molecule has 0 atom stereocenters. The summed E-state index contributed by atoms with van der Waals surface area (Å²) in [4.78, 5) is 8.31. The predicted molar refractivity (Wildman–Crippen MR) is 61.2 cm³/mol. The van der Waals surface area contributed by atoms with Gasteiger partial charge >= 0.3 is 0 Å². The topological polar surface area (TPSA) is 15.6 Å². The molecule has 2 heterocycles. The Morgan fingerprint density at radius 1 is 1.21 bits per heavy atom. The van der Waals surface area contributed by atoms with Crippen LogP contribution in [0.15, 0.2) is 34.2 Å². The lowest BCUT2D eigenvalue weighted by atomic mass is 10.2. The van der Waals surface area contributed by atoms with Crippen molar-refractivity contribution in [3.8, 4) is 0 Å². The molecule has 0 aromatic heterocycles. The van der Waals surface area contributed by atoms with Gasteiger partial charge < -0.3 is 4.90 Å². The van der Waals surface area contributed by atoms with Gasteiger partial charge in [-0.3, -0.25) is 4.99 Å². The van der Waals surface area contributed by atoms with Crippen LogP contribution in [0.1, 0.15) is 12.8 Å². The minimum atomic E-state index is 0.993. The molecule has 14 heavy (non-hydrogen) atoms. The number of thioether (sulfide) groups is 1. The molecule has 0 unspecified atom stereocenters. The molecule has 0 N–H and O–H groups in total. The largest absolute Gasteiger partial charge is 0.320 e. The lowest BCUT2D eigenvalue weighted by Gasteiger charge is -2.16. The van der Waals surface area contributed by atoms with E-state index in [0.717, 1.165) is 13.1 Å². The van der Waals surface area contributed by atoms with Gasteiger partial charge in [0.25, 0.3) is 0 Å². The summed E-state index contributed by atoms with van der Waals surface area (Å²) in [7, 11) is 0. The molecule has 0 saturated heterocycles. The maximum atomic E-state index is 4.61. The molecule has 2 aliphatic heterocycles. The first kappa shape index (κ1) is 8.36. The number of hydrogen-bond donors (Lipinski definition) is 0. The van der Waals surface area contributed by atoms with Crippen LogP contribution >= 0.6 is 11.8 Å². The van der Waals surface area contributed by atoms with Crippen molar-refractivity contribution in [1.29, 1.82) is 0 Å². The van der Waals surface area contributed by atoms with Crippen LogP contribution in [-0.4, -0.2) is 18.3 Å². The number of benzene rings is 1. The summed E-state index contributed by atoms with van der Waals surface area (Å²) in [6.45, 7) is 2.12. The van der Waals surface area contributed by atoms with Crippen LogP contribution in [0.2, 0.25) is 0 Å². The zero-order valence-corrected chi connectivity index (χ0v) is 8.76. The van der Waals surface area contributed by atoms with E-state index in [2.05, 4.69) is 34.2 Å². The minimum absolute atomic E-state index is 0.993. The van der Waals surface area contributed by atoms with Crippen LogP contribution in [0.5, 0.6) is 0 Å². The van der Waals surface area contributed by atoms with Crippen molar-refractivity contribution in [2.24, 2.45) is 4.99 Å². The first-order valence-corrected chi connectivity index (χ1v) is 5.86. The van der Waals surface area contributed by atoms with E-state index in [0.29, 0.717) is 0 Å². The van der Waals surface area contributed by atoms with Crippen LogP contribution in [0.3, 0.4) is 0 Å². The maximum Gasteiger partial charge on any atom is 0.168 e. The summed E-state index contributed by atoms with van der Waals surface area (Å²) < 4.78 is 0. The summed E-state index contributed by atoms with van der Waals surface area (Å²) in [5.41, 5.74) is 1.35. The Morgan fingerprint density at radius 2 is 2.14 bits per heavy atom. The van der Waals surface area contributed by atoms with Gasteiger partial charge in [0, 0.05) is 18.0 Å². The quantitative estimate of drug-likeness (QED) is 0.645. The molecule has 3 rings (SSSR count). The SMILES string of the molecule is c1ccc2c(c1)SC1=NCCCCN12. The number of anilines is 1. The van der Waals surface area contributed by atoms with Gasteiger partial charge in [-0.1, -0.05) is 12.1 Å². The number of amidine groups is 1. The van der Waals surface area contributed by atoms with Crippen molar-refractivity contribution in [1.82, 2.24) is 0 Å². The van der Waals surface area contributed by atoms with E-state index in [4.69, 9.17) is 0 Å². The molecule has 0 saturated carbocycles. The number of rotatable bonds is 0. The Hall–Kier alpha value is -0.960. The van der Waals surface area contributed by atoms with Crippen molar-refractivity contribution in [3.05, 3.63) is 24.3 Å². The highest BCUT2D eigenvalue weighted by Gasteiger charge is 2.26. The van der Waals surface area contributed by atoms with Gasteiger partial charge in [0.15, 0.2) is 5.17 Å². The van der Waals surface area contributed by atoms with Gasteiger partial charge in [-0.05, 0) is 36.7 Å². The molecule has 0 bridgehead atoms. The van der Waals surface area contributed by atoms with E-state index in [-0.39, 0.29) is 0 Å². The normalized spacial score (nSPS) is 19.7. The molecule has 2 aliphatic rings. The molecule has 1 aromatic rings. The first-order chi connectivity index (χ1) is 6.95. The summed E-state index contributed by atoms with van der Waals surface area (Å²) in [6.07, 6.45) is 2.48. The molecule has 0 radical (unpaired) electrons. The van der Waals surface area contributed by atoms with Crippen molar-refractivity contribution < 1.29 is 0 Å². The Balaban J connectivity index is 2.05. The molecule has 0 amide bonds. The van der Waals surface area contributed by atoms with Gasteiger partial charge in [0.1, 0.15) is 0 Å².